The largest absolute Gasteiger partial charge is 0.457 e. The molecule has 0 saturated heterocycles. The molecule has 1 aliphatic carbocycles. The molecular formula is C26H30N6O. The fourth-order valence-electron chi connectivity index (χ4n) is 4.87. The predicted octanol–water partition coefficient (Wildman–Crippen LogP) is 5.00. The molecule has 2 aromatic carbocycles. The molecule has 2 aromatic heterocycles. The zero-order chi connectivity index (χ0) is 22.8. The average molecular weight is 443 g/mol. The van der Waals surface area contributed by atoms with E-state index < -0.39 is 0 Å². The number of nitrogens with two attached hydrogens (primary N) is 1. The van der Waals surface area contributed by atoms with Gasteiger partial charge in [-0.2, -0.15) is 5.10 Å². The number of hydrogen-bond acceptors (Lipinski definition) is 6. The van der Waals surface area contributed by atoms with Crippen molar-refractivity contribution in [3.8, 4) is 22.8 Å². The van der Waals surface area contributed by atoms with Gasteiger partial charge in [0.2, 0.25) is 0 Å². The molecule has 1 fully saturated rings. The third-order valence-electron chi connectivity index (χ3n) is 6.43. The van der Waals surface area contributed by atoms with Crippen molar-refractivity contribution in [2.75, 3.05) is 26.4 Å². The molecule has 0 spiro atoms. The summed E-state index contributed by atoms with van der Waals surface area (Å²) in [6.45, 7) is 1.15. The minimum absolute atomic E-state index is 0.375. The first-order valence-corrected chi connectivity index (χ1v) is 11.6. The molecule has 0 bridgehead atoms. The molecule has 2 heterocycles. The van der Waals surface area contributed by atoms with Crippen molar-refractivity contribution in [2.24, 2.45) is 5.92 Å². The van der Waals surface area contributed by atoms with Gasteiger partial charge < -0.3 is 15.4 Å². The lowest BCUT2D eigenvalue weighted by molar-refractivity contribution is 0.246. The van der Waals surface area contributed by atoms with Crippen LogP contribution in [-0.4, -0.2) is 45.1 Å². The molecule has 0 atom stereocenters. The van der Waals surface area contributed by atoms with E-state index in [0.717, 1.165) is 59.4 Å². The first-order valence-electron chi connectivity index (χ1n) is 11.6. The molecule has 2 N–H and O–H groups in total. The molecule has 4 aromatic rings. The van der Waals surface area contributed by atoms with E-state index in [0.29, 0.717) is 11.7 Å². The van der Waals surface area contributed by atoms with Gasteiger partial charge in [-0.1, -0.05) is 18.2 Å². The normalized spacial score (nSPS) is 18.6. The molecular weight excluding hydrogens is 412 g/mol. The Morgan fingerprint density at radius 3 is 2.36 bits per heavy atom. The van der Waals surface area contributed by atoms with Crippen LogP contribution in [0.2, 0.25) is 0 Å². The number of anilines is 1. The molecule has 7 heteroatoms. The number of fused-ring (bicyclic) bond motifs is 1. The SMILES string of the molecule is CN(C)CC1CCC(c2nc(-c3ccc(Oc4ccccc4)cc3)c3c(N)ncnn23)CC1. The topological polar surface area (TPSA) is 81.6 Å². The quantitative estimate of drug-likeness (QED) is 0.452. The Morgan fingerprint density at radius 2 is 1.67 bits per heavy atom. The predicted molar refractivity (Wildman–Crippen MR) is 130 cm³/mol. The molecule has 0 radical (unpaired) electrons. The van der Waals surface area contributed by atoms with Crippen LogP contribution in [0.15, 0.2) is 60.9 Å². The third-order valence-corrected chi connectivity index (χ3v) is 6.43. The molecule has 7 nitrogen and oxygen atoms in total. The summed E-state index contributed by atoms with van der Waals surface area (Å²) < 4.78 is 7.85. The molecule has 5 rings (SSSR count). The second kappa shape index (κ2) is 9.19. The van der Waals surface area contributed by atoms with Gasteiger partial charge in [-0.3, -0.25) is 0 Å². The Labute approximate surface area is 194 Å². The second-order valence-electron chi connectivity index (χ2n) is 9.14. The Bertz CT molecular complexity index is 1210. The van der Waals surface area contributed by atoms with E-state index in [4.69, 9.17) is 15.5 Å². The Balaban J connectivity index is 1.43. The average Bonchev–Trinajstić information content (AvgIpc) is 3.21. The highest BCUT2D eigenvalue weighted by Crippen LogP contribution is 2.38. The highest BCUT2D eigenvalue weighted by molar-refractivity contribution is 5.85. The van der Waals surface area contributed by atoms with E-state index in [1.807, 2.05) is 59.1 Å². The van der Waals surface area contributed by atoms with Gasteiger partial charge in [0.1, 0.15) is 34.9 Å². The monoisotopic (exact) mass is 442 g/mol. The van der Waals surface area contributed by atoms with Gasteiger partial charge in [0, 0.05) is 18.0 Å². The lowest BCUT2D eigenvalue weighted by Gasteiger charge is -2.29. The summed E-state index contributed by atoms with van der Waals surface area (Å²) in [6, 6.07) is 17.7. The van der Waals surface area contributed by atoms with Crippen LogP contribution >= 0.6 is 0 Å². The number of imidazole rings is 1. The summed E-state index contributed by atoms with van der Waals surface area (Å²) in [4.78, 5) is 11.6. The Hall–Kier alpha value is -3.45. The minimum Gasteiger partial charge on any atom is -0.457 e. The summed E-state index contributed by atoms with van der Waals surface area (Å²) in [6.07, 6.45) is 6.17. The van der Waals surface area contributed by atoms with E-state index in [-0.39, 0.29) is 0 Å². The molecule has 170 valence electrons. The molecule has 0 amide bonds. The number of hydrogen-bond donors (Lipinski definition) is 1. The molecule has 1 saturated carbocycles. The van der Waals surface area contributed by atoms with Crippen molar-refractivity contribution in [3.63, 3.8) is 0 Å². The van der Waals surface area contributed by atoms with Crippen LogP contribution in [0.5, 0.6) is 11.5 Å². The summed E-state index contributed by atoms with van der Waals surface area (Å²) >= 11 is 0. The van der Waals surface area contributed by atoms with E-state index in [1.54, 1.807) is 0 Å². The van der Waals surface area contributed by atoms with E-state index in [9.17, 15) is 0 Å². The van der Waals surface area contributed by atoms with Crippen LogP contribution in [-0.2, 0) is 0 Å². The van der Waals surface area contributed by atoms with Gasteiger partial charge in [-0.15, -0.1) is 0 Å². The minimum atomic E-state index is 0.375. The van der Waals surface area contributed by atoms with Crippen LogP contribution in [0.3, 0.4) is 0 Å². The van der Waals surface area contributed by atoms with Crippen molar-refractivity contribution in [1.29, 1.82) is 0 Å². The number of para-hydroxylation sites is 1. The number of nitrogens with zero attached hydrogens (tertiary/aromatic N) is 5. The van der Waals surface area contributed by atoms with Gasteiger partial charge >= 0.3 is 0 Å². The summed E-state index contributed by atoms with van der Waals surface area (Å²) in [5.74, 6) is 4.14. The lowest BCUT2D eigenvalue weighted by atomic mass is 9.81. The van der Waals surface area contributed by atoms with E-state index in [1.165, 1.54) is 19.2 Å². The standard InChI is InChI=1S/C26H30N6O/c1-31(2)16-18-8-10-20(11-9-18)26-30-23(24-25(27)28-17-29-32(24)26)19-12-14-22(15-13-19)33-21-6-4-3-5-7-21/h3-7,12-15,17-18,20H,8-11,16H2,1-2H3,(H2,27,28,29). The number of benzene rings is 2. The molecule has 0 unspecified atom stereocenters. The highest BCUT2D eigenvalue weighted by Gasteiger charge is 2.28. The zero-order valence-electron chi connectivity index (χ0n) is 19.2. The smallest absolute Gasteiger partial charge is 0.153 e. The summed E-state index contributed by atoms with van der Waals surface area (Å²) in [5, 5.41) is 4.53. The molecule has 33 heavy (non-hydrogen) atoms. The Morgan fingerprint density at radius 1 is 0.970 bits per heavy atom. The van der Waals surface area contributed by atoms with E-state index in [2.05, 4.69) is 29.1 Å². The number of ether oxygens (including phenoxy) is 1. The maximum atomic E-state index is 6.30. The van der Waals surface area contributed by atoms with Gasteiger partial charge in [0.05, 0.1) is 0 Å². The molecule has 0 aliphatic heterocycles. The number of rotatable bonds is 6. The first-order chi connectivity index (χ1) is 16.1. The number of nitrogen functional groups attached to an aromatic ring is 1. The van der Waals surface area contributed by atoms with Gasteiger partial charge in [-0.25, -0.2) is 14.5 Å². The molecule has 1 aliphatic rings. The van der Waals surface area contributed by atoms with Crippen LogP contribution in [0, 0.1) is 5.92 Å². The van der Waals surface area contributed by atoms with Crippen molar-refractivity contribution >= 4 is 11.3 Å². The maximum absolute atomic E-state index is 6.30. The summed E-state index contributed by atoms with van der Waals surface area (Å²) in [7, 11) is 4.30. The van der Waals surface area contributed by atoms with Crippen molar-refractivity contribution < 1.29 is 4.74 Å². The van der Waals surface area contributed by atoms with Gasteiger partial charge in [0.25, 0.3) is 0 Å². The number of aromatic nitrogens is 4. The lowest BCUT2D eigenvalue weighted by Crippen LogP contribution is -2.25. The third kappa shape index (κ3) is 4.54. The first kappa shape index (κ1) is 21.4. The van der Waals surface area contributed by atoms with Crippen molar-refractivity contribution in [3.05, 3.63) is 66.7 Å². The van der Waals surface area contributed by atoms with Crippen LogP contribution in [0.1, 0.15) is 37.4 Å². The van der Waals surface area contributed by atoms with Crippen molar-refractivity contribution in [2.45, 2.75) is 31.6 Å². The van der Waals surface area contributed by atoms with E-state index >= 15 is 0 Å². The Kier molecular flexibility index (Phi) is 5.96. The van der Waals surface area contributed by atoms with Crippen LogP contribution < -0.4 is 10.5 Å². The maximum Gasteiger partial charge on any atom is 0.153 e. The summed E-state index contributed by atoms with van der Waals surface area (Å²) in [5.41, 5.74) is 8.88. The van der Waals surface area contributed by atoms with Crippen LogP contribution in [0.4, 0.5) is 5.82 Å². The zero-order valence-corrected chi connectivity index (χ0v) is 19.2. The van der Waals surface area contributed by atoms with Crippen LogP contribution in [0.25, 0.3) is 16.8 Å². The fraction of sp³-hybridized carbons (Fsp3) is 0.346. The highest BCUT2D eigenvalue weighted by atomic mass is 16.5. The fourth-order valence-corrected chi connectivity index (χ4v) is 4.87. The second-order valence-corrected chi connectivity index (χ2v) is 9.14. The van der Waals surface area contributed by atoms with Gasteiger partial charge in [-0.05, 0) is 82.1 Å². The van der Waals surface area contributed by atoms with Crippen molar-refractivity contribution in [1.82, 2.24) is 24.5 Å². The van der Waals surface area contributed by atoms with Gasteiger partial charge in [0.15, 0.2) is 5.82 Å².